The second kappa shape index (κ2) is 4.31. The van der Waals surface area contributed by atoms with Gasteiger partial charge in [0.15, 0.2) is 5.43 Å². The summed E-state index contributed by atoms with van der Waals surface area (Å²) in [5.41, 5.74) is -1.80. The van der Waals surface area contributed by atoms with Crippen molar-refractivity contribution in [1.82, 2.24) is 4.98 Å². The molecule has 1 aromatic carbocycles. The lowest BCUT2D eigenvalue weighted by atomic mass is 10.1. The molecule has 1 N–H and O–H groups in total. The molecule has 0 atom stereocenters. The number of rotatable bonds is 1. The maximum absolute atomic E-state index is 12.6. The minimum atomic E-state index is -4.61. The number of nitrogens with one attached hydrogen (secondary N) is 1. The summed E-state index contributed by atoms with van der Waals surface area (Å²) >= 11 is 3.13. The highest BCUT2D eigenvalue weighted by Crippen LogP contribution is 2.32. The van der Waals surface area contributed by atoms with Crippen LogP contribution in [0.25, 0.3) is 10.9 Å². The monoisotopic (exact) mass is 321 g/mol. The second-order valence-electron chi connectivity index (χ2n) is 3.54. The summed E-state index contributed by atoms with van der Waals surface area (Å²) in [5.74, 6) is 0.177. The Morgan fingerprint density at radius 3 is 2.56 bits per heavy atom. The van der Waals surface area contributed by atoms with Crippen molar-refractivity contribution in [3.05, 3.63) is 38.6 Å². The predicted molar refractivity (Wildman–Crippen MR) is 63.8 cm³/mol. The van der Waals surface area contributed by atoms with E-state index >= 15 is 0 Å². The Morgan fingerprint density at radius 1 is 1.33 bits per heavy atom. The first-order valence-electron chi connectivity index (χ1n) is 4.81. The molecule has 0 spiro atoms. The van der Waals surface area contributed by atoms with Crippen molar-refractivity contribution in [3.63, 3.8) is 0 Å². The van der Waals surface area contributed by atoms with Crippen molar-refractivity contribution in [2.24, 2.45) is 0 Å². The standard InChI is InChI=1S/C11H7BrF3NO2/c1-18-7-3-2-5(12)9-6(17)4-8(11(13,14)15)16-10(7)9/h2-4H,1H3,(H,16,17). The average molecular weight is 322 g/mol. The number of aromatic nitrogens is 1. The third kappa shape index (κ3) is 2.10. The Labute approximate surface area is 108 Å². The van der Waals surface area contributed by atoms with Crippen LogP contribution in [0, 0.1) is 0 Å². The van der Waals surface area contributed by atoms with Crippen molar-refractivity contribution in [2.45, 2.75) is 6.18 Å². The number of methoxy groups -OCH3 is 1. The van der Waals surface area contributed by atoms with Gasteiger partial charge >= 0.3 is 6.18 Å². The Hall–Kier alpha value is -1.50. The lowest BCUT2D eigenvalue weighted by Gasteiger charge is -2.11. The largest absolute Gasteiger partial charge is 0.495 e. The third-order valence-electron chi connectivity index (χ3n) is 2.42. The first kappa shape index (κ1) is 12.9. The van der Waals surface area contributed by atoms with Gasteiger partial charge in [0.1, 0.15) is 11.4 Å². The number of halogens is 4. The lowest BCUT2D eigenvalue weighted by Crippen LogP contribution is -2.14. The molecule has 0 fully saturated rings. The summed E-state index contributed by atoms with van der Waals surface area (Å²) in [6, 6.07) is 3.55. The summed E-state index contributed by atoms with van der Waals surface area (Å²) in [6.07, 6.45) is -4.61. The van der Waals surface area contributed by atoms with E-state index in [1.807, 2.05) is 0 Å². The van der Waals surface area contributed by atoms with Gasteiger partial charge in [0.25, 0.3) is 0 Å². The van der Waals surface area contributed by atoms with Crippen LogP contribution in [-0.2, 0) is 6.18 Å². The molecule has 1 heterocycles. The van der Waals surface area contributed by atoms with Crippen LogP contribution in [0.15, 0.2) is 27.5 Å². The summed E-state index contributed by atoms with van der Waals surface area (Å²) < 4.78 is 43.2. The molecule has 0 radical (unpaired) electrons. The molecule has 0 saturated heterocycles. The highest BCUT2D eigenvalue weighted by Gasteiger charge is 2.32. The zero-order chi connectivity index (χ0) is 13.5. The number of hydrogen-bond acceptors (Lipinski definition) is 2. The topological polar surface area (TPSA) is 42.1 Å². The number of alkyl halides is 3. The Kier molecular flexibility index (Phi) is 3.10. The quantitative estimate of drug-likeness (QED) is 0.875. The van der Waals surface area contributed by atoms with Gasteiger partial charge in [-0.1, -0.05) is 0 Å². The van der Waals surface area contributed by atoms with Crippen molar-refractivity contribution in [3.8, 4) is 5.75 Å². The summed E-state index contributed by atoms with van der Waals surface area (Å²) in [6.45, 7) is 0. The SMILES string of the molecule is COc1ccc(Br)c2c(=O)cc(C(F)(F)F)[nH]c12. The molecule has 1 aromatic heterocycles. The van der Waals surface area contributed by atoms with E-state index in [0.29, 0.717) is 10.5 Å². The number of aromatic amines is 1. The molecular weight excluding hydrogens is 315 g/mol. The number of ether oxygens (including phenoxy) is 1. The fraction of sp³-hybridized carbons (Fsp3) is 0.182. The van der Waals surface area contributed by atoms with Crippen LogP contribution in [0.4, 0.5) is 13.2 Å². The van der Waals surface area contributed by atoms with E-state index in [4.69, 9.17) is 4.74 Å². The molecule has 0 saturated carbocycles. The molecule has 0 aliphatic rings. The van der Waals surface area contributed by atoms with Crippen LogP contribution >= 0.6 is 15.9 Å². The minimum absolute atomic E-state index is 0.0201. The fourth-order valence-electron chi connectivity index (χ4n) is 1.62. The number of hydrogen-bond donors (Lipinski definition) is 1. The van der Waals surface area contributed by atoms with Crippen molar-refractivity contribution in [1.29, 1.82) is 0 Å². The van der Waals surface area contributed by atoms with E-state index < -0.39 is 17.3 Å². The van der Waals surface area contributed by atoms with Crippen LogP contribution in [0.3, 0.4) is 0 Å². The van der Waals surface area contributed by atoms with Gasteiger partial charge in [-0.05, 0) is 28.1 Å². The molecular formula is C11H7BrF3NO2. The fourth-order valence-corrected chi connectivity index (χ4v) is 2.15. The molecule has 0 bridgehead atoms. The van der Waals surface area contributed by atoms with Crippen LogP contribution in [-0.4, -0.2) is 12.1 Å². The van der Waals surface area contributed by atoms with Gasteiger partial charge in [-0.3, -0.25) is 4.79 Å². The van der Waals surface area contributed by atoms with E-state index in [1.54, 1.807) is 6.07 Å². The number of H-pyrrole nitrogens is 1. The van der Waals surface area contributed by atoms with Crippen molar-refractivity contribution >= 4 is 26.8 Å². The molecule has 96 valence electrons. The number of benzene rings is 1. The van der Waals surface area contributed by atoms with E-state index in [9.17, 15) is 18.0 Å². The molecule has 0 aliphatic carbocycles. The van der Waals surface area contributed by atoms with E-state index in [0.717, 1.165) is 0 Å². The normalized spacial score (nSPS) is 11.8. The van der Waals surface area contributed by atoms with Gasteiger partial charge < -0.3 is 9.72 Å². The average Bonchev–Trinajstić information content (AvgIpc) is 2.27. The van der Waals surface area contributed by atoms with E-state index in [2.05, 4.69) is 20.9 Å². The van der Waals surface area contributed by atoms with E-state index in [-0.39, 0.29) is 16.7 Å². The lowest BCUT2D eigenvalue weighted by molar-refractivity contribution is -0.141. The molecule has 0 amide bonds. The van der Waals surface area contributed by atoms with E-state index in [1.165, 1.54) is 13.2 Å². The molecule has 2 aromatic rings. The Bertz CT molecular complexity index is 664. The van der Waals surface area contributed by atoms with Crippen LogP contribution < -0.4 is 10.2 Å². The summed E-state index contributed by atoms with van der Waals surface area (Å²) in [4.78, 5) is 13.9. The van der Waals surface area contributed by atoms with Gasteiger partial charge in [0, 0.05) is 10.5 Å². The maximum Gasteiger partial charge on any atom is 0.431 e. The highest BCUT2D eigenvalue weighted by molar-refractivity contribution is 9.10. The predicted octanol–water partition coefficient (Wildman–Crippen LogP) is 3.32. The molecule has 0 unspecified atom stereocenters. The zero-order valence-electron chi connectivity index (χ0n) is 9.06. The molecule has 18 heavy (non-hydrogen) atoms. The van der Waals surface area contributed by atoms with Gasteiger partial charge in [-0.2, -0.15) is 13.2 Å². The zero-order valence-corrected chi connectivity index (χ0v) is 10.6. The van der Waals surface area contributed by atoms with Gasteiger partial charge in [-0.15, -0.1) is 0 Å². The highest BCUT2D eigenvalue weighted by atomic mass is 79.9. The van der Waals surface area contributed by atoms with Gasteiger partial charge in [0.05, 0.1) is 18.0 Å². The third-order valence-corrected chi connectivity index (χ3v) is 3.08. The molecule has 3 nitrogen and oxygen atoms in total. The molecule has 0 aliphatic heterocycles. The minimum Gasteiger partial charge on any atom is -0.495 e. The molecule has 2 rings (SSSR count). The van der Waals surface area contributed by atoms with Crippen LogP contribution in [0.2, 0.25) is 0 Å². The smallest absolute Gasteiger partial charge is 0.431 e. The number of pyridine rings is 1. The second-order valence-corrected chi connectivity index (χ2v) is 4.40. The van der Waals surface area contributed by atoms with Gasteiger partial charge in [0.2, 0.25) is 0 Å². The van der Waals surface area contributed by atoms with Crippen LogP contribution in [0.5, 0.6) is 5.75 Å². The van der Waals surface area contributed by atoms with Crippen molar-refractivity contribution in [2.75, 3.05) is 7.11 Å². The summed E-state index contributed by atoms with van der Waals surface area (Å²) in [7, 11) is 1.32. The number of fused-ring (bicyclic) bond motifs is 1. The first-order valence-corrected chi connectivity index (χ1v) is 5.60. The maximum atomic E-state index is 12.6. The first-order chi connectivity index (χ1) is 8.34. The Balaban J connectivity index is 2.91. The summed E-state index contributed by atoms with van der Waals surface area (Å²) in [5, 5.41) is 0.127. The Morgan fingerprint density at radius 2 is 2.00 bits per heavy atom. The van der Waals surface area contributed by atoms with Crippen molar-refractivity contribution < 1.29 is 17.9 Å². The molecule has 7 heteroatoms. The van der Waals surface area contributed by atoms with Crippen LogP contribution in [0.1, 0.15) is 5.69 Å². The van der Waals surface area contributed by atoms with Gasteiger partial charge in [-0.25, -0.2) is 0 Å².